The molecule has 4 rings (SSSR count). The van der Waals surface area contributed by atoms with Crippen LogP contribution in [0.15, 0.2) is 54.6 Å². The highest BCUT2D eigenvalue weighted by Gasteiger charge is 2.32. The lowest BCUT2D eigenvalue weighted by atomic mass is 9.80. The zero-order valence-electron chi connectivity index (χ0n) is 25.0. The number of phenolic OH excluding ortho intramolecular Hbond substituents is 2. The number of hydrogen-bond donors (Lipinski definition) is 4. The fraction of sp³-hybridized carbons (Fsp3) is 0.412. The van der Waals surface area contributed by atoms with Crippen LogP contribution in [0.2, 0.25) is 0 Å². The minimum atomic E-state index is -1.13. The molecule has 1 amide bonds. The topological polar surface area (TPSA) is 116 Å². The van der Waals surface area contributed by atoms with Crippen molar-refractivity contribution in [3.8, 4) is 23.0 Å². The lowest BCUT2D eigenvalue weighted by Gasteiger charge is -2.30. The fourth-order valence-electron chi connectivity index (χ4n) is 4.80. The summed E-state index contributed by atoms with van der Waals surface area (Å²) in [6, 6.07) is 14.3. The molecule has 4 N–H and O–H groups in total. The molecule has 1 aliphatic rings. The first-order chi connectivity index (χ1) is 19.3. The minimum absolute atomic E-state index is 0.00828. The molecule has 220 valence electrons. The van der Waals surface area contributed by atoms with Crippen LogP contribution in [0.1, 0.15) is 107 Å². The number of aromatic hydroxyl groups is 2. The predicted octanol–water partition coefficient (Wildman–Crippen LogP) is 8.68. The summed E-state index contributed by atoms with van der Waals surface area (Å²) in [7, 11) is 0. The van der Waals surface area contributed by atoms with Gasteiger partial charge in [0.1, 0.15) is 23.0 Å². The van der Waals surface area contributed by atoms with Crippen molar-refractivity contribution in [1.82, 2.24) is 0 Å². The van der Waals surface area contributed by atoms with E-state index >= 15 is 0 Å². The average molecular weight is 562 g/mol. The molecule has 0 bridgehead atoms. The summed E-state index contributed by atoms with van der Waals surface area (Å²) in [5.74, 6) is -0.489. The van der Waals surface area contributed by atoms with Gasteiger partial charge < -0.3 is 25.4 Å². The lowest BCUT2D eigenvalue weighted by Crippen LogP contribution is -2.23. The summed E-state index contributed by atoms with van der Waals surface area (Å²) in [5.41, 5.74) is 2.15. The van der Waals surface area contributed by atoms with Crippen LogP contribution in [0.25, 0.3) is 0 Å². The summed E-state index contributed by atoms with van der Waals surface area (Å²) >= 11 is 0. The third kappa shape index (κ3) is 8.26. The number of benzene rings is 3. The molecule has 0 saturated carbocycles. The number of hydrogen-bond acceptors (Lipinski definition) is 5. The van der Waals surface area contributed by atoms with Crippen molar-refractivity contribution in [3.63, 3.8) is 0 Å². The number of carboxylic acids is 1. The van der Waals surface area contributed by atoms with E-state index in [9.17, 15) is 24.9 Å². The number of aromatic carboxylic acids is 1. The molecule has 1 aliphatic heterocycles. The zero-order chi connectivity index (χ0) is 30.3. The number of phenols is 2. The van der Waals surface area contributed by atoms with Gasteiger partial charge in [-0.1, -0.05) is 79.0 Å². The van der Waals surface area contributed by atoms with Crippen molar-refractivity contribution >= 4 is 17.6 Å². The van der Waals surface area contributed by atoms with Crippen molar-refractivity contribution in [1.29, 1.82) is 0 Å². The van der Waals surface area contributed by atoms with Gasteiger partial charge >= 0.3 is 5.97 Å². The predicted molar refractivity (Wildman–Crippen MR) is 162 cm³/mol. The summed E-state index contributed by atoms with van der Waals surface area (Å²) in [6.07, 6.45) is 4.92. The first-order valence-corrected chi connectivity index (χ1v) is 14.4. The monoisotopic (exact) mass is 561 g/mol. The summed E-state index contributed by atoms with van der Waals surface area (Å²) in [6.45, 7) is 12.8. The second-order valence-electron chi connectivity index (χ2n) is 11.9. The van der Waals surface area contributed by atoms with Gasteiger partial charge in [-0.15, -0.1) is 0 Å². The molecular weight excluding hydrogens is 518 g/mol. The van der Waals surface area contributed by atoms with Gasteiger partial charge in [-0.3, -0.25) is 4.79 Å². The normalized spacial score (nSPS) is 12.5. The number of carbonyl (C=O) groups is 2. The van der Waals surface area contributed by atoms with Gasteiger partial charge in [0.05, 0.1) is 5.56 Å². The van der Waals surface area contributed by atoms with E-state index < -0.39 is 11.9 Å². The number of unbranched alkanes of at least 4 members (excludes halogenated alkanes) is 1. The molecule has 0 unspecified atom stereocenters. The fourth-order valence-corrected chi connectivity index (χ4v) is 4.80. The van der Waals surface area contributed by atoms with Crippen LogP contribution < -0.4 is 10.1 Å². The highest BCUT2D eigenvalue weighted by molar-refractivity contribution is 5.95. The second kappa shape index (κ2) is 13.6. The number of nitrogens with one attached hydrogen (secondary N) is 1. The van der Waals surface area contributed by atoms with E-state index in [0.29, 0.717) is 46.2 Å². The molecule has 1 heterocycles. The largest absolute Gasteiger partial charge is 0.508 e. The summed E-state index contributed by atoms with van der Waals surface area (Å²) in [4.78, 5) is 25.2. The third-order valence-electron chi connectivity index (χ3n) is 7.25. The molecule has 3 aromatic carbocycles. The molecule has 0 fully saturated rings. The third-order valence-corrected chi connectivity index (χ3v) is 7.25. The number of rotatable bonds is 9. The van der Waals surface area contributed by atoms with Gasteiger partial charge in [-0.25, -0.2) is 4.79 Å². The van der Waals surface area contributed by atoms with Crippen molar-refractivity contribution in [3.05, 3.63) is 76.9 Å². The number of anilines is 1. The van der Waals surface area contributed by atoms with E-state index in [1.807, 2.05) is 0 Å². The maximum atomic E-state index is 12.8. The molecule has 41 heavy (non-hydrogen) atoms. The van der Waals surface area contributed by atoms with Crippen LogP contribution in [0.5, 0.6) is 23.0 Å². The Morgan fingerprint density at radius 1 is 0.878 bits per heavy atom. The number of amides is 1. The van der Waals surface area contributed by atoms with Gasteiger partial charge in [-0.05, 0) is 47.6 Å². The zero-order valence-corrected chi connectivity index (χ0v) is 25.0. The van der Waals surface area contributed by atoms with Gasteiger partial charge in [0.15, 0.2) is 0 Å². The Morgan fingerprint density at radius 3 is 1.90 bits per heavy atom. The van der Waals surface area contributed by atoms with E-state index in [0.717, 1.165) is 12.8 Å². The number of ether oxygens (including phenoxy) is 1. The van der Waals surface area contributed by atoms with E-state index in [1.54, 1.807) is 24.3 Å². The smallest absolute Gasteiger partial charge is 0.336 e. The Bertz CT molecular complexity index is 1320. The van der Waals surface area contributed by atoms with Crippen LogP contribution in [0, 0.1) is 11.3 Å². The van der Waals surface area contributed by atoms with E-state index in [4.69, 9.17) is 4.74 Å². The molecule has 0 aliphatic carbocycles. The molecular formula is C34H43NO6. The summed E-state index contributed by atoms with van der Waals surface area (Å²) < 4.78 is 5.92. The maximum Gasteiger partial charge on any atom is 0.336 e. The molecule has 0 saturated heterocycles. The first-order valence-electron chi connectivity index (χ1n) is 14.4. The Labute approximate surface area is 243 Å². The second-order valence-corrected chi connectivity index (χ2v) is 11.9. The maximum absolute atomic E-state index is 12.8. The Morgan fingerprint density at radius 2 is 1.41 bits per heavy atom. The van der Waals surface area contributed by atoms with Crippen LogP contribution in [-0.4, -0.2) is 27.2 Å². The minimum Gasteiger partial charge on any atom is -0.508 e. The molecule has 0 aromatic heterocycles. The van der Waals surface area contributed by atoms with E-state index in [-0.39, 0.29) is 28.4 Å². The van der Waals surface area contributed by atoms with E-state index in [1.165, 1.54) is 43.2 Å². The van der Waals surface area contributed by atoms with Crippen molar-refractivity contribution in [2.45, 2.75) is 79.6 Å². The number of carboxylic acid groups (broad SMARTS) is 1. The Kier molecular flexibility index (Phi) is 10.4. The van der Waals surface area contributed by atoms with Crippen molar-refractivity contribution < 1.29 is 29.6 Å². The average Bonchev–Trinajstić information content (AvgIpc) is 2.90. The molecule has 0 spiro atoms. The number of fused-ring (bicyclic) bond motifs is 2. The quantitative estimate of drug-likeness (QED) is 0.162. The number of carbonyl (C=O) groups excluding carboxylic acids is 1. The standard InChI is InChI=1S/C30H33NO6.C4H10/c1-17(2)11-12-30(3,4)16-27(34)31-18-5-8-21(24(13-18)29(35)36)28-22-9-6-19(32)14-25(22)37-26-15-20(33)7-10-23(26)28;1-3-4-2/h5-10,13-15,17,28,32-33H,11-12,16H2,1-4H3,(H,31,34)(H,35,36);3-4H2,1-2H3. The SMILES string of the molecule is CC(C)CCC(C)(C)CC(=O)Nc1ccc(C2c3ccc(O)cc3Oc3cc(O)ccc32)c(C(=O)O)c1.CCCC. The van der Waals surface area contributed by atoms with Crippen molar-refractivity contribution in [2.75, 3.05) is 5.32 Å². The Hall–Kier alpha value is -4.00. The Balaban J connectivity index is 0.00000108. The van der Waals surface area contributed by atoms with E-state index in [2.05, 4.69) is 46.9 Å². The molecule has 7 nitrogen and oxygen atoms in total. The van der Waals surface area contributed by atoms with Crippen molar-refractivity contribution in [2.24, 2.45) is 11.3 Å². The molecule has 0 radical (unpaired) electrons. The molecule has 0 atom stereocenters. The van der Waals surface area contributed by atoms with Crippen LogP contribution in [-0.2, 0) is 4.79 Å². The van der Waals surface area contributed by atoms with Crippen LogP contribution >= 0.6 is 0 Å². The van der Waals surface area contributed by atoms with Gasteiger partial charge in [-0.2, -0.15) is 0 Å². The van der Waals surface area contributed by atoms with Gasteiger partial charge in [0.25, 0.3) is 0 Å². The highest BCUT2D eigenvalue weighted by atomic mass is 16.5. The van der Waals surface area contributed by atoms with Gasteiger partial charge in [0, 0.05) is 41.3 Å². The summed E-state index contributed by atoms with van der Waals surface area (Å²) in [5, 5.41) is 33.0. The molecule has 7 heteroatoms. The van der Waals surface area contributed by atoms with Gasteiger partial charge in [0.2, 0.25) is 5.91 Å². The molecule has 3 aromatic rings. The highest BCUT2D eigenvalue weighted by Crippen LogP contribution is 2.50. The lowest BCUT2D eigenvalue weighted by molar-refractivity contribution is -0.118. The van der Waals surface area contributed by atoms with Crippen LogP contribution in [0.3, 0.4) is 0 Å². The first kappa shape index (κ1) is 31.5. The van der Waals surface area contributed by atoms with Crippen LogP contribution in [0.4, 0.5) is 5.69 Å².